The predicted octanol–water partition coefficient (Wildman–Crippen LogP) is 5.00. The zero-order chi connectivity index (χ0) is 13.1. The molecule has 0 aromatic carbocycles. The molecule has 0 saturated carbocycles. The van der Waals surface area contributed by atoms with Crippen molar-refractivity contribution in [3.05, 3.63) is 18.0 Å². The fourth-order valence-electron chi connectivity index (χ4n) is 1.48. The zero-order valence-electron chi connectivity index (χ0n) is 12.4. The van der Waals surface area contributed by atoms with E-state index in [1.807, 2.05) is 10.9 Å². The highest BCUT2D eigenvalue weighted by Gasteiger charge is 2.06. The van der Waals surface area contributed by atoms with E-state index in [0.29, 0.717) is 5.92 Å². The third kappa shape index (κ3) is 7.19. The fourth-order valence-corrected chi connectivity index (χ4v) is 1.48. The van der Waals surface area contributed by atoms with Crippen molar-refractivity contribution in [1.82, 2.24) is 9.78 Å². The minimum absolute atomic E-state index is 0.667. The second-order valence-corrected chi connectivity index (χ2v) is 4.67. The Morgan fingerprint density at radius 1 is 1.12 bits per heavy atom. The summed E-state index contributed by atoms with van der Waals surface area (Å²) in [5.74, 6) is 0.667. The van der Waals surface area contributed by atoms with Gasteiger partial charge in [0.1, 0.15) is 0 Å². The lowest BCUT2D eigenvalue weighted by Crippen LogP contribution is -1.94. The number of nitrogens with zero attached hydrogens (tertiary/aromatic N) is 2. The average Bonchev–Trinajstić information content (AvgIpc) is 2.85. The fraction of sp³-hybridized carbons (Fsp3) is 0.800. The molecule has 1 aromatic heterocycles. The van der Waals surface area contributed by atoms with Gasteiger partial charge in [0, 0.05) is 12.7 Å². The van der Waals surface area contributed by atoms with Crippen molar-refractivity contribution in [2.24, 2.45) is 0 Å². The summed E-state index contributed by atoms with van der Waals surface area (Å²) in [6, 6.07) is 0. The molecule has 0 amide bonds. The third-order valence-corrected chi connectivity index (χ3v) is 3.04. The van der Waals surface area contributed by atoms with E-state index in [9.17, 15) is 0 Å². The molecule has 1 heterocycles. The molecule has 0 aliphatic carbocycles. The first-order chi connectivity index (χ1) is 8.19. The molecule has 1 rings (SSSR count). The van der Waals surface area contributed by atoms with Gasteiger partial charge in [0.25, 0.3) is 0 Å². The maximum absolute atomic E-state index is 4.28. The summed E-state index contributed by atoms with van der Waals surface area (Å²) < 4.78 is 2.00. The zero-order valence-corrected chi connectivity index (χ0v) is 12.4. The highest BCUT2D eigenvalue weighted by molar-refractivity contribution is 5.09. The van der Waals surface area contributed by atoms with Crippen LogP contribution in [0.5, 0.6) is 0 Å². The van der Waals surface area contributed by atoms with Crippen LogP contribution in [-0.2, 0) is 6.54 Å². The van der Waals surface area contributed by atoms with Gasteiger partial charge < -0.3 is 0 Å². The van der Waals surface area contributed by atoms with E-state index in [0.717, 1.165) is 6.54 Å². The number of aromatic nitrogens is 2. The van der Waals surface area contributed by atoms with Crippen molar-refractivity contribution >= 4 is 0 Å². The molecule has 0 bridgehead atoms. The molecule has 0 radical (unpaired) electrons. The van der Waals surface area contributed by atoms with E-state index in [2.05, 4.69) is 45.9 Å². The van der Waals surface area contributed by atoms with E-state index in [1.165, 1.54) is 37.7 Å². The van der Waals surface area contributed by atoms with Gasteiger partial charge in [0.2, 0.25) is 0 Å². The molecule has 100 valence electrons. The molecule has 0 N–H and O–H groups in total. The lowest BCUT2D eigenvalue weighted by Gasteiger charge is -2.06. The summed E-state index contributed by atoms with van der Waals surface area (Å²) in [5.41, 5.74) is 1.38. The number of aryl methyl sites for hydroxylation is 1. The second-order valence-electron chi connectivity index (χ2n) is 4.67. The molecule has 1 aromatic rings. The van der Waals surface area contributed by atoms with Gasteiger partial charge in [-0.15, -0.1) is 0 Å². The third-order valence-electron chi connectivity index (χ3n) is 3.04. The quantitative estimate of drug-likeness (QED) is 0.681. The summed E-state index contributed by atoms with van der Waals surface area (Å²) in [5, 5.41) is 4.28. The van der Waals surface area contributed by atoms with Gasteiger partial charge in [-0.2, -0.15) is 5.10 Å². The van der Waals surface area contributed by atoms with Crippen molar-refractivity contribution in [1.29, 1.82) is 0 Å². The van der Waals surface area contributed by atoms with Gasteiger partial charge in [-0.25, -0.2) is 0 Å². The molecule has 0 aliphatic heterocycles. The minimum Gasteiger partial charge on any atom is -0.273 e. The molecule has 1 unspecified atom stereocenters. The number of hydrogen-bond acceptors (Lipinski definition) is 1. The lowest BCUT2D eigenvalue weighted by molar-refractivity contribution is 0.620. The van der Waals surface area contributed by atoms with Crippen molar-refractivity contribution in [3.63, 3.8) is 0 Å². The summed E-state index contributed by atoms with van der Waals surface area (Å²) in [4.78, 5) is 0. The average molecular weight is 238 g/mol. The normalized spacial score (nSPS) is 11.8. The Bertz CT molecular complexity index is 264. The maximum Gasteiger partial charge on any atom is 0.0524 e. The highest BCUT2D eigenvalue weighted by atomic mass is 15.3. The Balaban J connectivity index is 0.000000557. The SMILES string of the molecule is CCCC.CCCCC(C)c1cnn(CC)c1. The van der Waals surface area contributed by atoms with E-state index >= 15 is 0 Å². The standard InChI is InChI=1S/C11H20N2.C4H10/c1-4-6-7-10(3)11-8-12-13(5-2)9-11;1-3-4-2/h8-10H,4-7H2,1-3H3;3-4H2,1-2H3. The number of unbranched alkanes of at least 4 members (excludes halogenated alkanes) is 2. The van der Waals surface area contributed by atoms with Crippen LogP contribution in [0.3, 0.4) is 0 Å². The van der Waals surface area contributed by atoms with Gasteiger partial charge in [-0.3, -0.25) is 4.68 Å². The van der Waals surface area contributed by atoms with E-state index in [-0.39, 0.29) is 0 Å². The first-order valence-corrected chi connectivity index (χ1v) is 7.21. The van der Waals surface area contributed by atoms with Crippen LogP contribution in [0, 0.1) is 0 Å². The van der Waals surface area contributed by atoms with Gasteiger partial charge in [-0.1, -0.05) is 53.4 Å². The van der Waals surface area contributed by atoms with Crippen LogP contribution in [0.25, 0.3) is 0 Å². The largest absolute Gasteiger partial charge is 0.273 e. The first-order valence-electron chi connectivity index (χ1n) is 7.21. The van der Waals surface area contributed by atoms with Gasteiger partial charge in [-0.05, 0) is 24.8 Å². The van der Waals surface area contributed by atoms with Crippen LogP contribution in [-0.4, -0.2) is 9.78 Å². The van der Waals surface area contributed by atoms with E-state index < -0.39 is 0 Å². The molecular formula is C15H30N2. The summed E-state index contributed by atoms with van der Waals surface area (Å²) in [7, 11) is 0. The highest BCUT2D eigenvalue weighted by Crippen LogP contribution is 2.20. The second kappa shape index (κ2) is 10.4. The topological polar surface area (TPSA) is 17.8 Å². The smallest absolute Gasteiger partial charge is 0.0524 e. The van der Waals surface area contributed by atoms with E-state index in [1.54, 1.807) is 0 Å². The number of hydrogen-bond donors (Lipinski definition) is 0. The molecule has 17 heavy (non-hydrogen) atoms. The maximum atomic E-state index is 4.28. The van der Waals surface area contributed by atoms with Crippen LogP contribution in [0.4, 0.5) is 0 Å². The van der Waals surface area contributed by atoms with E-state index in [4.69, 9.17) is 0 Å². The minimum atomic E-state index is 0.667. The Kier molecular flexibility index (Phi) is 9.89. The molecule has 1 atom stereocenters. The molecule has 0 aliphatic rings. The Morgan fingerprint density at radius 2 is 1.76 bits per heavy atom. The first kappa shape index (κ1) is 16.2. The van der Waals surface area contributed by atoms with Crippen molar-refractivity contribution in [3.8, 4) is 0 Å². The molecule has 0 spiro atoms. The molecule has 0 saturated heterocycles. The molecule has 2 nitrogen and oxygen atoms in total. The molecular weight excluding hydrogens is 208 g/mol. The monoisotopic (exact) mass is 238 g/mol. The Hall–Kier alpha value is -0.790. The van der Waals surface area contributed by atoms with Crippen molar-refractivity contribution < 1.29 is 0 Å². The Morgan fingerprint density at radius 3 is 2.18 bits per heavy atom. The summed E-state index contributed by atoms with van der Waals surface area (Å²) in [6.45, 7) is 12.0. The molecule has 2 heteroatoms. The van der Waals surface area contributed by atoms with Gasteiger partial charge in [0.05, 0.1) is 6.20 Å². The van der Waals surface area contributed by atoms with Crippen LogP contribution in [0.2, 0.25) is 0 Å². The summed E-state index contributed by atoms with van der Waals surface area (Å²) >= 11 is 0. The van der Waals surface area contributed by atoms with Crippen LogP contribution in [0.1, 0.15) is 78.2 Å². The van der Waals surface area contributed by atoms with Crippen molar-refractivity contribution in [2.75, 3.05) is 0 Å². The van der Waals surface area contributed by atoms with Gasteiger partial charge in [0.15, 0.2) is 0 Å². The molecule has 0 fully saturated rings. The van der Waals surface area contributed by atoms with Crippen molar-refractivity contribution in [2.45, 2.75) is 79.2 Å². The lowest BCUT2D eigenvalue weighted by atomic mass is 9.99. The van der Waals surface area contributed by atoms with Gasteiger partial charge >= 0.3 is 0 Å². The van der Waals surface area contributed by atoms with Crippen LogP contribution < -0.4 is 0 Å². The predicted molar refractivity (Wildman–Crippen MR) is 76.4 cm³/mol. The van der Waals surface area contributed by atoms with Crippen LogP contribution in [0.15, 0.2) is 12.4 Å². The Labute approximate surface area is 107 Å². The van der Waals surface area contributed by atoms with Crippen LogP contribution >= 0.6 is 0 Å². The number of rotatable bonds is 6. The summed E-state index contributed by atoms with van der Waals surface area (Å²) in [6.07, 6.45) is 10.7.